The number of carboxylic acids is 2. The highest BCUT2D eigenvalue weighted by molar-refractivity contribution is 7.93. The maximum Gasteiger partial charge on any atom is 0.265 e. The molecule has 0 saturated carbocycles. The summed E-state index contributed by atoms with van der Waals surface area (Å²) >= 11 is 0. The van der Waals surface area contributed by atoms with E-state index in [4.69, 9.17) is 9.47 Å². The van der Waals surface area contributed by atoms with Gasteiger partial charge in [0.05, 0.1) is 16.8 Å². The number of carboxylic acid groups (broad SMARTS) is 2. The number of carbonyl (C=O) groups excluding carboxylic acids is 2. The molecule has 0 aliphatic carbocycles. The van der Waals surface area contributed by atoms with Gasteiger partial charge in [-0.25, -0.2) is 16.8 Å². The third kappa shape index (κ3) is 5.18. The van der Waals surface area contributed by atoms with Crippen LogP contribution in [0.2, 0.25) is 0 Å². The topological polar surface area (TPSA) is 191 Å². The molecule has 3 aromatic rings. The van der Waals surface area contributed by atoms with E-state index >= 15 is 0 Å². The zero-order chi connectivity index (χ0) is 26.1. The number of sulfonamides is 2. The molecule has 0 atom stereocenters. The summed E-state index contributed by atoms with van der Waals surface area (Å²) in [5.74, 6) is -3.20. The Labute approximate surface area is 205 Å². The third-order valence-electron chi connectivity index (χ3n) is 4.93. The fourth-order valence-corrected chi connectivity index (χ4v) is 5.64. The van der Waals surface area contributed by atoms with E-state index < -0.39 is 41.8 Å². The molecular formula is C22H16N2O10S2-2. The van der Waals surface area contributed by atoms with E-state index in [2.05, 4.69) is 9.44 Å². The third-order valence-corrected chi connectivity index (χ3v) is 7.67. The number of benzene rings is 3. The van der Waals surface area contributed by atoms with Crippen LogP contribution >= 0.6 is 0 Å². The van der Waals surface area contributed by atoms with Crippen LogP contribution in [0, 0.1) is 0 Å². The molecule has 0 spiro atoms. The van der Waals surface area contributed by atoms with Crippen LogP contribution in [-0.4, -0.2) is 42.0 Å². The van der Waals surface area contributed by atoms with E-state index in [0.717, 1.165) is 36.4 Å². The molecule has 1 aliphatic rings. The van der Waals surface area contributed by atoms with Crippen LogP contribution in [0.1, 0.15) is 20.7 Å². The maximum atomic E-state index is 13.2. The van der Waals surface area contributed by atoms with Gasteiger partial charge in [0.2, 0.25) is 0 Å². The number of hydrogen-bond acceptors (Lipinski definition) is 10. The molecule has 0 fully saturated rings. The van der Waals surface area contributed by atoms with E-state index in [9.17, 15) is 36.6 Å². The Bertz CT molecular complexity index is 1550. The summed E-state index contributed by atoms with van der Waals surface area (Å²) < 4.78 is 67.8. The van der Waals surface area contributed by atoms with Gasteiger partial charge in [0, 0.05) is 17.4 Å². The van der Waals surface area contributed by atoms with Crippen molar-refractivity contribution in [3.63, 3.8) is 0 Å². The molecule has 0 amide bonds. The van der Waals surface area contributed by atoms with Crippen molar-refractivity contribution in [1.82, 2.24) is 0 Å². The first-order valence-corrected chi connectivity index (χ1v) is 13.0. The van der Waals surface area contributed by atoms with E-state index in [-0.39, 0.29) is 47.2 Å². The van der Waals surface area contributed by atoms with Crippen LogP contribution in [0.5, 0.6) is 11.5 Å². The first-order valence-electron chi connectivity index (χ1n) is 10.1. The van der Waals surface area contributed by atoms with Gasteiger partial charge in [-0.05, 0) is 41.5 Å². The molecule has 14 heteroatoms. The van der Waals surface area contributed by atoms with Crippen LogP contribution in [0.3, 0.4) is 0 Å². The predicted octanol–water partition coefficient (Wildman–Crippen LogP) is -0.214. The molecule has 0 radical (unpaired) electrons. The van der Waals surface area contributed by atoms with Gasteiger partial charge in [0.25, 0.3) is 20.0 Å². The lowest BCUT2D eigenvalue weighted by molar-refractivity contribution is -0.256. The first-order chi connectivity index (χ1) is 17.0. The van der Waals surface area contributed by atoms with Crippen LogP contribution in [-0.2, 0) is 20.0 Å². The van der Waals surface area contributed by atoms with Crippen LogP contribution in [0.25, 0.3) is 0 Å². The molecule has 0 saturated heterocycles. The predicted molar refractivity (Wildman–Crippen MR) is 121 cm³/mol. The lowest BCUT2D eigenvalue weighted by atomic mass is 10.2. The highest BCUT2D eigenvalue weighted by Gasteiger charge is 2.30. The molecule has 0 bridgehead atoms. The number of hydrogen-bond donors (Lipinski definition) is 2. The second-order valence-electron chi connectivity index (χ2n) is 7.39. The SMILES string of the molecule is O=C([O-])c1ccc(NS(=O)(=O)c2cc3c(c(S(=O)(=O)Nc4ccc(C(=O)[O-])cc4)c2)OCCO3)cc1. The summed E-state index contributed by atoms with van der Waals surface area (Å²) in [6.45, 7) is 0.0666. The molecule has 0 unspecified atom stereocenters. The number of ether oxygens (including phenoxy) is 2. The Morgan fingerprint density at radius 2 is 1.17 bits per heavy atom. The van der Waals surface area contributed by atoms with Crippen molar-refractivity contribution in [2.24, 2.45) is 0 Å². The van der Waals surface area contributed by atoms with Gasteiger partial charge in [-0.3, -0.25) is 9.44 Å². The van der Waals surface area contributed by atoms with Gasteiger partial charge >= 0.3 is 0 Å². The monoisotopic (exact) mass is 532 g/mol. The summed E-state index contributed by atoms with van der Waals surface area (Å²) in [7, 11) is -8.80. The molecule has 3 aromatic carbocycles. The fraction of sp³-hybridized carbons (Fsp3) is 0.0909. The average molecular weight is 533 g/mol. The van der Waals surface area contributed by atoms with Crippen molar-refractivity contribution in [1.29, 1.82) is 0 Å². The quantitative estimate of drug-likeness (QED) is 0.392. The Morgan fingerprint density at radius 3 is 1.67 bits per heavy atom. The van der Waals surface area contributed by atoms with Crippen LogP contribution < -0.4 is 29.1 Å². The number of nitrogens with one attached hydrogen (secondary N) is 2. The molecule has 2 N–H and O–H groups in total. The Balaban J connectivity index is 1.71. The Kier molecular flexibility index (Phi) is 6.47. The van der Waals surface area contributed by atoms with Gasteiger partial charge in [-0.2, -0.15) is 0 Å². The standard InChI is InChI=1S/C22H18N2O10S2/c25-21(26)13-1-5-15(6-2-13)23-35(29,30)17-11-18-20(34-10-9-33-18)19(12-17)36(31,32)24-16-7-3-14(4-8-16)22(27)28/h1-8,11-12,23-24H,9-10H2,(H,25,26)(H,27,28)/p-2. The van der Waals surface area contributed by atoms with Crippen molar-refractivity contribution < 1.29 is 46.1 Å². The highest BCUT2D eigenvalue weighted by Crippen LogP contribution is 2.40. The van der Waals surface area contributed by atoms with Crippen molar-refractivity contribution in [3.8, 4) is 11.5 Å². The number of anilines is 2. The lowest BCUT2D eigenvalue weighted by Crippen LogP contribution is -2.23. The van der Waals surface area contributed by atoms with Crippen molar-refractivity contribution >= 4 is 43.4 Å². The smallest absolute Gasteiger partial charge is 0.265 e. The second-order valence-corrected chi connectivity index (χ2v) is 10.7. The largest absolute Gasteiger partial charge is 0.545 e. The summed E-state index contributed by atoms with van der Waals surface area (Å²) in [6, 6.07) is 11.3. The highest BCUT2D eigenvalue weighted by atomic mass is 32.2. The number of carbonyl (C=O) groups is 2. The van der Waals surface area contributed by atoms with Crippen LogP contribution in [0.15, 0.2) is 70.5 Å². The molecule has 0 aromatic heterocycles. The van der Waals surface area contributed by atoms with Crippen molar-refractivity contribution in [2.45, 2.75) is 9.79 Å². The van der Waals surface area contributed by atoms with E-state index in [1.54, 1.807) is 0 Å². The summed E-state index contributed by atoms with van der Waals surface area (Å²) in [4.78, 5) is 20.8. The van der Waals surface area contributed by atoms with E-state index in [1.807, 2.05) is 0 Å². The number of fused-ring (bicyclic) bond motifs is 1. The van der Waals surface area contributed by atoms with Gasteiger partial charge < -0.3 is 29.3 Å². The summed E-state index contributed by atoms with van der Waals surface area (Å²) in [6.07, 6.45) is 0. The van der Waals surface area contributed by atoms with Gasteiger partial charge in [0.1, 0.15) is 18.1 Å². The number of rotatable bonds is 8. The second kappa shape index (κ2) is 9.39. The van der Waals surface area contributed by atoms with Crippen molar-refractivity contribution in [3.05, 3.63) is 71.8 Å². The first kappa shape index (κ1) is 24.8. The number of aromatic carboxylic acids is 2. The van der Waals surface area contributed by atoms with Crippen molar-refractivity contribution in [2.75, 3.05) is 22.7 Å². The average Bonchev–Trinajstić information content (AvgIpc) is 2.83. The maximum absolute atomic E-state index is 13.2. The molecular weight excluding hydrogens is 516 g/mol. The molecule has 1 heterocycles. The van der Waals surface area contributed by atoms with Gasteiger partial charge in [-0.1, -0.05) is 24.3 Å². The lowest BCUT2D eigenvalue weighted by Gasteiger charge is -2.22. The van der Waals surface area contributed by atoms with E-state index in [1.165, 1.54) is 24.3 Å². The van der Waals surface area contributed by atoms with Gasteiger partial charge in [-0.15, -0.1) is 0 Å². The summed E-state index contributed by atoms with van der Waals surface area (Å²) in [5.41, 5.74) is -0.307. The minimum atomic E-state index is -4.44. The molecule has 12 nitrogen and oxygen atoms in total. The molecule has 4 rings (SSSR count). The Hall–Kier alpha value is -4.30. The zero-order valence-electron chi connectivity index (χ0n) is 18.1. The fourth-order valence-electron chi connectivity index (χ4n) is 3.23. The summed E-state index contributed by atoms with van der Waals surface area (Å²) in [5, 5.41) is 21.8. The normalized spacial score (nSPS) is 13.0. The zero-order valence-corrected chi connectivity index (χ0v) is 19.7. The molecule has 36 heavy (non-hydrogen) atoms. The molecule has 1 aliphatic heterocycles. The minimum Gasteiger partial charge on any atom is -0.545 e. The Morgan fingerprint density at radius 1 is 0.694 bits per heavy atom. The minimum absolute atomic E-state index is 0.00451. The van der Waals surface area contributed by atoms with Crippen LogP contribution in [0.4, 0.5) is 11.4 Å². The molecule has 188 valence electrons. The van der Waals surface area contributed by atoms with Gasteiger partial charge in [0.15, 0.2) is 11.5 Å². The van der Waals surface area contributed by atoms with E-state index in [0.29, 0.717) is 0 Å².